The average molecular weight is 259 g/mol. The zero-order valence-electron chi connectivity index (χ0n) is 12.5. The number of benzene rings is 1. The molecule has 1 heterocycles. The molecule has 0 amide bonds. The molecule has 1 aromatic heterocycles. The maximum absolute atomic E-state index is 4.81. The van der Waals surface area contributed by atoms with Crippen LogP contribution in [-0.4, -0.2) is 23.1 Å². The molecule has 3 heteroatoms. The molecule has 1 N–H and O–H groups in total. The number of imidazole rings is 1. The Hall–Kier alpha value is -1.35. The number of aromatic nitrogens is 2. The molecule has 104 valence electrons. The second kappa shape index (κ2) is 6.20. The van der Waals surface area contributed by atoms with Gasteiger partial charge in [0, 0.05) is 13.0 Å². The minimum Gasteiger partial charge on any atom is -0.328 e. The highest BCUT2D eigenvalue weighted by Gasteiger charge is 2.16. The molecular weight excluding hydrogens is 234 g/mol. The van der Waals surface area contributed by atoms with E-state index < -0.39 is 0 Å². The van der Waals surface area contributed by atoms with E-state index in [2.05, 4.69) is 54.9 Å². The maximum Gasteiger partial charge on any atom is 0.110 e. The second-order valence-corrected chi connectivity index (χ2v) is 5.48. The summed E-state index contributed by atoms with van der Waals surface area (Å²) in [7, 11) is 2.02. The van der Waals surface area contributed by atoms with Gasteiger partial charge in [-0.3, -0.25) is 0 Å². The first-order chi connectivity index (χ1) is 9.17. The van der Waals surface area contributed by atoms with Crippen LogP contribution < -0.4 is 5.32 Å². The third-order valence-corrected chi connectivity index (χ3v) is 4.05. The molecule has 0 saturated heterocycles. The highest BCUT2D eigenvalue weighted by atomic mass is 15.1. The molecule has 0 aliphatic heterocycles. The van der Waals surface area contributed by atoms with Crippen molar-refractivity contribution in [1.29, 1.82) is 0 Å². The van der Waals surface area contributed by atoms with E-state index in [9.17, 15) is 0 Å². The molecule has 19 heavy (non-hydrogen) atoms. The Morgan fingerprint density at radius 1 is 1.21 bits per heavy atom. The summed E-state index contributed by atoms with van der Waals surface area (Å²) in [6.07, 6.45) is 1.05. The summed E-state index contributed by atoms with van der Waals surface area (Å²) in [5.41, 5.74) is 2.38. The van der Waals surface area contributed by atoms with Crippen LogP contribution in [0.5, 0.6) is 0 Å². The molecule has 0 aliphatic carbocycles. The largest absolute Gasteiger partial charge is 0.328 e. The van der Waals surface area contributed by atoms with Crippen LogP contribution in [0.15, 0.2) is 24.3 Å². The van der Waals surface area contributed by atoms with Crippen LogP contribution in [0.2, 0.25) is 0 Å². The lowest BCUT2D eigenvalue weighted by molar-refractivity contribution is 0.365. The summed E-state index contributed by atoms with van der Waals surface area (Å²) in [4.78, 5) is 4.81. The Morgan fingerprint density at radius 3 is 2.63 bits per heavy atom. The van der Waals surface area contributed by atoms with Crippen LogP contribution >= 0.6 is 0 Å². The van der Waals surface area contributed by atoms with E-state index in [-0.39, 0.29) is 0 Å². The zero-order chi connectivity index (χ0) is 13.8. The standard InChI is InChI=1S/C16H25N3/c1-5-19-15-9-7-6-8-14(15)18-16(19)10-12(2)13(3)11-17-4/h6-9,12-13,17H,5,10-11H2,1-4H3. The van der Waals surface area contributed by atoms with E-state index in [0.29, 0.717) is 11.8 Å². The fraction of sp³-hybridized carbons (Fsp3) is 0.562. The summed E-state index contributed by atoms with van der Waals surface area (Å²) in [5.74, 6) is 2.52. The van der Waals surface area contributed by atoms with Gasteiger partial charge < -0.3 is 9.88 Å². The van der Waals surface area contributed by atoms with Crippen LogP contribution in [0.4, 0.5) is 0 Å². The van der Waals surface area contributed by atoms with Gasteiger partial charge >= 0.3 is 0 Å². The molecular formula is C16H25N3. The fourth-order valence-electron chi connectivity index (χ4n) is 2.65. The van der Waals surface area contributed by atoms with Gasteiger partial charge in [-0.15, -0.1) is 0 Å². The van der Waals surface area contributed by atoms with E-state index in [1.807, 2.05) is 7.05 Å². The summed E-state index contributed by atoms with van der Waals surface area (Å²) in [6.45, 7) is 8.87. The van der Waals surface area contributed by atoms with Gasteiger partial charge in [0.1, 0.15) is 5.82 Å². The average Bonchev–Trinajstić information content (AvgIpc) is 2.75. The molecule has 0 aliphatic rings. The number of hydrogen-bond acceptors (Lipinski definition) is 2. The van der Waals surface area contributed by atoms with Crippen molar-refractivity contribution in [3.8, 4) is 0 Å². The van der Waals surface area contributed by atoms with Gasteiger partial charge in [-0.05, 0) is 44.5 Å². The lowest BCUT2D eigenvalue weighted by atomic mass is 9.92. The summed E-state index contributed by atoms with van der Waals surface area (Å²) in [5, 5.41) is 3.26. The summed E-state index contributed by atoms with van der Waals surface area (Å²) < 4.78 is 2.35. The zero-order valence-corrected chi connectivity index (χ0v) is 12.5. The topological polar surface area (TPSA) is 29.9 Å². The number of fused-ring (bicyclic) bond motifs is 1. The molecule has 2 atom stereocenters. The smallest absolute Gasteiger partial charge is 0.110 e. The molecule has 0 bridgehead atoms. The number of hydrogen-bond donors (Lipinski definition) is 1. The van der Waals surface area contributed by atoms with Crippen molar-refractivity contribution >= 4 is 11.0 Å². The highest BCUT2D eigenvalue weighted by molar-refractivity contribution is 5.75. The van der Waals surface area contributed by atoms with E-state index in [0.717, 1.165) is 25.0 Å². The van der Waals surface area contributed by atoms with E-state index >= 15 is 0 Å². The first-order valence-corrected chi connectivity index (χ1v) is 7.26. The van der Waals surface area contributed by atoms with E-state index in [4.69, 9.17) is 4.98 Å². The van der Waals surface area contributed by atoms with Gasteiger partial charge in [0.05, 0.1) is 11.0 Å². The quantitative estimate of drug-likeness (QED) is 0.864. The van der Waals surface area contributed by atoms with E-state index in [1.165, 1.54) is 11.3 Å². The van der Waals surface area contributed by atoms with Crippen LogP contribution in [0.1, 0.15) is 26.6 Å². The first-order valence-electron chi connectivity index (χ1n) is 7.26. The van der Waals surface area contributed by atoms with Crippen molar-refractivity contribution in [3.05, 3.63) is 30.1 Å². The highest BCUT2D eigenvalue weighted by Crippen LogP contribution is 2.21. The first kappa shape index (κ1) is 14.1. The molecule has 0 spiro atoms. The van der Waals surface area contributed by atoms with Crippen molar-refractivity contribution in [2.75, 3.05) is 13.6 Å². The monoisotopic (exact) mass is 259 g/mol. The molecule has 0 fully saturated rings. The molecule has 2 rings (SSSR count). The molecule has 2 aromatic rings. The Bertz CT molecular complexity index is 530. The number of aryl methyl sites for hydroxylation is 1. The minimum absolute atomic E-state index is 0.634. The van der Waals surface area contributed by atoms with Crippen molar-refractivity contribution in [2.24, 2.45) is 11.8 Å². The van der Waals surface area contributed by atoms with Gasteiger partial charge in [0.15, 0.2) is 0 Å². The van der Waals surface area contributed by atoms with E-state index in [1.54, 1.807) is 0 Å². The lowest BCUT2D eigenvalue weighted by Crippen LogP contribution is -2.24. The van der Waals surface area contributed by atoms with Crippen molar-refractivity contribution in [3.63, 3.8) is 0 Å². The van der Waals surface area contributed by atoms with Gasteiger partial charge in [0.25, 0.3) is 0 Å². The van der Waals surface area contributed by atoms with Crippen LogP contribution in [0.25, 0.3) is 11.0 Å². The minimum atomic E-state index is 0.634. The number of nitrogens with one attached hydrogen (secondary N) is 1. The predicted molar refractivity (Wildman–Crippen MR) is 81.4 cm³/mol. The number of rotatable bonds is 6. The van der Waals surface area contributed by atoms with Crippen LogP contribution in [-0.2, 0) is 13.0 Å². The third-order valence-electron chi connectivity index (χ3n) is 4.05. The second-order valence-electron chi connectivity index (χ2n) is 5.48. The van der Waals surface area contributed by atoms with Gasteiger partial charge in [-0.1, -0.05) is 26.0 Å². The molecule has 2 unspecified atom stereocenters. The van der Waals surface area contributed by atoms with Crippen LogP contribution in [0, 0.1) is 11.8 Å². The molecule has 0 radical (unpaired) electrons. The number of nitrogens with zero attached hydrogens (tertiary/aromatic N) is 2. The molecule has 0 saturated carbocycles. The molecule has 3 nitrogen and oxygen atoms in total. The van der Waals surface area contributed by atoms with Gasteiger partial charge in [-0.2, -0.15) is 0 Å². The fourth-order valence-corrected chi connectivity index (χ4v) is 2.65. The Labute approximate surface area is 116 Å². The normalized spacial score (nSPS) is 14.7. The SMILES string of the molecule is CCn1c(CC(C)C(C)CNC)nc2ccccc21. The Balaban J connectivity index is 2.24. The molecule has 1 aromatic carbocycles. The number of para-hydroxylation sites is 2. The maximum atomic E-state index is 4.81. The van der Waals surface area contributed by atoms with Crippen molar-refractivity contribution in [2.45, 2.75) is 33.7 Å². The predicted octanol–water partition coefficient (Wildman–Crippen LogP) is 3.09. The van der Waals surface area contributed by atoms with Crippen LogP contribution in [0.3, 0.4) is 0 Å². The van der Waals surface area contributed by atoms with Crippen molar-refractivity contribution < 1.29 is 0 Å². The van der Waals surface area contributed by atoms with Gasteiger partial charge in [-0.25, -0.2) is 4.98 Å². The summed E-state index contributed by atoms with van der Waals surface area (Å²) >= 11 is 0. The van der Waals surface area contributed by atoms with Gasteiger partial charge in [0.2, 0.25) is 0 Å². The van der Waals surface area contributed by atoms with Crippen molar-refractivity contribution in [1.82, 2.24) is 14.9 Å². The summed E-state index contributed by atoms with van der Waals surface area (Å²) in [6, 6.07) is 8.42. The Kier molecular flexibility index (Phi) is 4.59. The Morgan fingerprint density at radius 2 is 1.95 bits per heavy atom. The lowest BCUT2D eigenvalue weighted by Gasteiger charge is -2.19. The third kappa shape index (κ3) is 2.98.